The second-order valence-electron chi connectivity index (χ2n) is 4.98. The van der Waals surface area contributed by atoms with Crippen molar-refractivity contribution >= 4 is 27.7 Å². The first-order valence-corrected chi connectivity index (χ1v) is 8.52. The molecule has 0 amide bonds. The second-order valence-corrected chi connectivity index (χ2v) is 6.98. The topological polar surface area (TPSA) is 21.3 Å². The summed E-state index contributed by atoms with van der Waals surface area (Å²) in [6.45, 7) is 7.28. The first-order chi connectivity index (χ1) is 9.13. The summed E-state index contributed by atoms with van der Waals surface area (Å²) in [7, 11) is 1.75. The van der Waals surface area contributed by atoms with Crippen molar-refractivity contribution in [2.24, 2.45) is 5.92 Å². The molecular weight excluding hydrogens is 322 g/mol. The van der Waals surface area contributed by atoms with E-state index in [1.165, 1.54) is 14.9 Å². The van der Waals surface area contributed by atoms with E-state index in [1.807, 2.05) is 11.8 Å². The Bertz CT molecular complexity index is 371. The van der Waals surface area contributed by atoms with E-state index in [-0.39, 0.29) is 0 Å². The number of thioether (sulfide) groups is 1. The van der Waals surface area contributed by atoms with Crippen LogP contribution in [0.4, 0.5) is 0 Å². The van der Waals surface area contributed by atoms with Gasteiger partial charge in [0.1, 0.15) is 0 Å². The number of methoxy groups -OCH3 is 1. The highest BCUT2D eigenvalue weighted by Crippen LogP contribution is 2.28. The lowest BCUT2D eigenvalue weighted by atomic mass is 10.2. The van der Waals surface area contributed by atoms with Gasteiger partial charge in [0.2, 0.25) is 0 Å². The van der Waals surface area contributed by atoms with Gasteiger partial charge in [0.15, 0.2) is 0 Å². The number of rotatable bonds is 9. The quantitative estimate of drug-likeness (QED) is 0.531. The highest BCUT2D eigenvalue weighted by atomic mass is 79.9. The maximum Gasteiger partial charge on any atom is 0.0470 e. The fourth-order valence-electron chi connectivity index (χ4n) is 1.66. The molecule has 2 nitrogen and oxygen atoms in total. The molecule has 0 fully saturated rings. The molecule has 0 atom stereocenters. The van der Waals surface area contributed by atoms with Crippen molar-refractivity contribution in [3.05, 3.63) is 28.2 Å². The van der Waals surface area contributed by atoms with Gasteiger partial charge in [-0.15, -0.1) is 11.8 Å². The molecule has 1 aromatic carbocycles. The van der Waals surface area contributed by atoms with Crippen LogP contribution in [0.3, 0.4) is 0 Å². The molecule has 0 aliphatic carbocycles. The molecule has 19 heavy (non-hydrogen) atoms. The largest absolute Gasteiger partial charge is 0.385 e. The zero-order chi connectivity index (χ0) is 14.1. The van der Waals surface area contributed by atoms with Crippen LogP contribution in [0.2, 0.25) is 0 Å². The van der Waals surface area contributed by atoms with Crippen LogP contribution in [0.5, 0.6) is 0 Å². The SMILES string of the molecule is COCCCSc1ccc(CNCC(C)C)cc1Br. The van der Waals surface area contributed by atoms with E-state index in [2.05, 4.69) is 53.3 Å². The van der Waals surface area contributed by atoms with E-state index in [0.717, 1.165) is 31.9 Å². The van der Waals surface area contributed by atoms with Crippen LogP contribution >= 0.6 is 27.7 Å². The Kier molecular flexibility index (Phi) is 8.79. The van der Waals surface area contributed by atoms with Crippen LogP contribution in [-0.2, 0) is 11.3 Å². The first kappa shape index (κ1) is 17.0. The molecule has 0 aliphatic heterocycles. The monoisotopic (exact) mass is 345 g/mol. The molecule has 0 unspecified atom stereocenters. The van der Waals surface area contributed by atoms with Crippen LogP contribution in [0.25, 0.3) is 0 Å². The van der Waals surface area contributed by atoms with E-state index < -0.39 is 0 Å². The van der Waals surface area contributed by atoms with Gasteiger partial charge in [-0.25, -0.2) is 0 Å². The lowest BCUT2D eigenvalue weighted by Gasteiger charge is -2.10. The standard InChI is InChI=1S/C15H24BrNOS/c1-12(2)10-17-11-13-5-6-15(14(16)9-13)19-8-4-7-18-3/h5-6,9,12,17H,4,7-8,10-11H2,1-3H3. The Hall–Kier alpha value is -0.0300. The average molecular weight is 346 g/mol. The van der Waals surface area contributed by atoms with Gasteiger partial charge in [0.25, 0.3) is 0 Å². The molecular formula is C15H24BrNOS. The van der Waals surface area contributed by atoms with Crippen molar-refractivity contribution in [3.63, 3.8) is 0 Å². The van der Waals surface area contributed by atoms with Crippen LogP contribution in [0, 0.1) is 5.92 Å². The number of hydrogen-bond donors (Lipinski definition) is 1. The van der Waals surface area contributed by atoms with Crippen molar-refractivity contribution in [2.45, 2.75) is 31.7 Å². The van der Waals surface area contributed by atoms with E-state index in [1.54, 1.807) is 7.11 Å². The molecule has 108 valence electrons. The lowest BCUT2D eigenvalue weighted by molar-refractivity contribution is 0.200. The highest BCUT2D eigenvalue weighted by molar-refractivity contribution is 9.10. The summed E-state index contributed by atoms with van der Waals surface area (Å²) in [5.41, 5.74) is 1.33. The molecule has 0 aromatic heterocycles. The van der Waals surface area contributed by atoms with Gasteiger partial charge in [0, 0.05) is 35.4 Å². The van der Waals surface area contributed by atoms with Crippen molar-refractivity contribution in [3.8, 4) is 0 Å². The number of halogens is 1. The third kappa shape index (κ3) is 7.35. The van der Waals surface area contributed by atoms with Gasteiger partial charge < -0.3 is 10.1 Å². The normalized spacial score (nSPS) is 11.2. The second kappa shape index (κ2) is 9.81. The Morgan fingerprint density at radius 1 is 1.37 bits per heavy atom. The summed E-state index contributed by atoms with van der Waals surface area (Å²) in [4.78, 5) is 1.31. The van der Waals surface area contributed by atoms with E-state index in [9.17, 15) is 0 Å². The molecule has 1 N–H and O–H groups in total. The lowest BCUT2D eigenvalue weighted by Crippen LogP contribution is -2.18. The van der Waals surface area contributed by atoms with Crippen molar-refractivity contribution in [1.29, 1.82) is 0 Å². The Balaban J connectivity index is 2.40. The van der Waals surface area contributed by atoms with Gasteiger partial charge in [-0.1, -0.05) is 19.9 Å². The van der Waals surface area contributed by atoms with Gasteiger partial charge in [-0.3, -0.25) is 0 Å². The van der Waals surface area contributed by atoms with Crippen molar-refractivity contribution in [2.75, 3.05) is 26.0 Å². The van der Waals surface area contributed by atoms with E-state index in [0.29, 0.717) is 5.92 Å². The van der Waals surface area contributed by atoms with E-state index >= 15 is 0 Å². The predicted octanol–water partition coefficient (Wildman–Crippen LogP) is 4.32. The summed E-state index contributed by atoms with van der Waals surface area (Å²) < 4.78 is 6.25. The van der Waals surface area contributed by atoms with Crippen LogP contribution in [-0.4, -0.2) is 26.0 Å². The van der Waals surface area contributed by atoms with E-state index in [4.69, 9.17) is 4.74 Å². The van der Waals surface area contributed by atoms with Gasteiger partial charge in [-0.05, 0) is 52.5 Å². The number of ether oxygens (including phenoxy) is 1. The minimum absolute atomic E-state index is 0.694. The zero-order valence-corrected chi connectivity index (χ0v) is 14.4. The maximum absolute atomic E-state index is 5.06. The number of benzene rings is 1. The zero-order valence-electron chi connectivity index (χ0n) is 12.0. The van der Waals surface area contributed by atoms with Gasteiger partial charge >= 0.3 is 0 Å². The average Bonchev–Trinajstić information content (AvgIpc) is 2.36. The van der Waals surface area contributed by atoms with Crippen LogP contribution in [0.1, 0.15) is 25.8 Å². The highest BCUT2D eigenvalue weighted by Gasteiger charge is 2.03. The molecule has 0 aliphatic rings. The predicted molar refractivity (Wildman–Crippen MR) is 87.9 cm³/mol. The molecule has 0 bridgehead atoms. The summed E-state index contributed by atoms with van der Waals surface area (Å²) >= 11 is 5.53. The maximum atomic E-state index is 5.06. The Morgan fingerprint density at radius 3 is 2.79 bits per heavy atom. The first-order valence-electron chi connectivity index (χ1n) is 6.74. The third-order valence-electron chi connectivity index (χ3n) is 2.63. The molecule has 0 radical (unpaired) electrons. The summed E-state index contributed by atoms with van der Waals surface area (Å²) in [6.07, 6.45) is 1.09. The van der Waals surface area contributed by atoms with Crippen molar-refractivity contribution < 1.29 is 4.74 Å². The number of hydrogen-bond acceptors (Lipinski definition) is 3. The molecule has 0 spiro atoms. The Labute approximate surface area is 129 Å². The van der Waals surface area contributed by atoms with Crippen LogP contribution in [0.15, 0.2) is 27.6 Å². The smallest absolute Gasteiger partial charge is 0.0470 e. The fraction of sp³-hybridized carbons (Fsp3) is 0.600. The van der Waals surface area contributed by atoms with Gasteiger partial charge in [0.05, 0.1) is 0 Å². The van der Waals surface area contributed by atoms with Gasteiger partial charge in [-0.2, -0.15) is 0 Å². The molecule has 4 heteroatoms. The van der Waals surface area contributed by atoms with Crippen molar-refractivity contribution in [1.82, 2.24) is 5.32 Å². The minimum Gasteiger partial charge on any atom is -0.385 e. The Morgan fingerprint density at radius 2 is 2.16 bits per heavy atom. The molecule has 0 saturated carbocycles. The third-order valence-corrected chi connectivity index (χ3v) is 4.71. The molecule has 0 heterocycles. The number of nitrogens with one attached hydrogen (secondary N) is 1. The summed E-state index contributed by atoms with van der Waals surface area (Å²) in [5, 5.41) is 3.46. The molecule has 1 rings (SSSR count). The summed E-state index contributed by atoms with van der Waals surface area (Å²) in [6, 6.07) is 6.62. The van der Waals surface area contributed by atoms with Crippen LogP contribution < -0.4 is 5.32 Å². The molecule has 0 saturated heterocycles. The molecule has 1 aromatic rings. The fourth-order valence-corrected chi connectivity index (χ4v) is 3.27. The summed E-state index contributed by atoms with van der Waals surface area (Å²) in [5.74, 6) is 1.79. The minimum atomic E-state index is 0.694.